The number of aliphatic hydroxyl groups excluding tert-OH is 1. The predicted molar refractivity (Wildman–Crippen MR) is 111 cm³/mol. The highest BCUT2D eigenvalue weighted by Gasteiger charge is 2.39. The number of nitrogens with zero attached hydrogens (tertiary/aromatic N) is 5. The van der Waals surface area contributed by atoms with E-state index in [1.807, 2.05) is 36.0 Å². The molecule has 2 aromatic heterocycles. The zero-order chi connectivity index (χ0) is 20.4. The highest BCUT2D eigenvalue weighted by molar-refractivity contribution is 5.77. The van der Waals surface area contributed by atoms with Gasteiger partial charge in [-0.15, -0.1) is 0 Å². The van der Waals surface area contributed by atoms with Crippen molar-refractivity contribution in [1.29, 1.82) is 0 Å². The van der Waals surface area contributed by atoms with E-state index in [0.717, 1.165) is 49.1 Å². The molecule has 3 aromatic rings. The van der Waals surface area contributed by atoms with Crippen molar-refractivity contribution in [1.82, 2.24) is 24.0 Å². The normalized spacial score (nSPS) is 21.7. The Balaban J connectivity index is 1.34. The number of aryl methyl sites for hydroxylation is 2. The van der Waals surface area contributed by atoms with E-state index in [4.69, 9.17) is 4.98 Å². The van der Waals surface area contributed by atoms with Gasteiger partial charge in [-0.05, 0) is 38.3 Å². The van der Waals surface area contributed by atoms with Crippen LogP contribution < -0.4 is 0 Å². The fourth-order valence-corrected chi connectivity index (χ4v) is 4.58. The molecule has 154 valence electrons. The van der Waals surface area contributed by atoms with E-state index in [9.17, 15) is 9.90 Å². The average molecular weight is 396 g/mol. The smallest absolute Gasteiger partial charge is 0.222 e. The third kappa shape index (κ3) is 3.79. The van der Waals surface area contributed by atoms with Crippen molar-refractivity contribution >= 4 is 16.9 Å². The van der Waals surface area contributed by atoms with Crippen LogP contribution in [0.25, 0.3) is 11.0 Å². The van der Waals surface area contributed by atoms with Crippen molar-refractivity contribution in [3.8, 4) is 0 Å². The molecule has 7 nitrogen and oxygen atoms in total. The van der Waals surface area contributed by atoms with Gasteiger partial charge < -0.3 is 19.1 Å². The van der Waals surface area contributed by atoms with Gasteiger partial charge in [0.2, 0.25) is 5.91 Å². The molecule has 1 fully saturated rings. The third-order valence-corrected chi connectivity index (χ3v) is 6.19. The second-order valence-electron chi connectivity index (χ2n) is 7.83. The molecule has 1 N–H and O–H groups in total. The first-order chi connectivity index (χ1) is 14.1. The second-order valence-corrected chi connectivity index (χ2v) is 7.83. The highest BCUT2D eigenvalue weighted by atomic mass is 16.3. The largest absolute Gasteiger partial charge is 0.389 e. The van der Waals surface area contributed by atoms with E-state index < -0.39 is 6.10 Å². The Hall–Kier alpha value is -2.67. The Bertz CT molecular complexity index is 965. The maximum Gasteiger partial charge on any atom is 0.222 e. The minimum Gasteiger partial charge on any atom is -0.389 e. The molecular weight excluding hydrogens is 366 g/mol. The summed E-state index contributed by atoms with van der Waals surface area (Å²) >= 11 is 0. The van der Waals surface area contributed by atoms with Crippen LogP contribution in [0.1, 0.15) is 44.5 Å². The van der Waals surface area contributed by atoms with Crippen LogP contribution in [-0.4, -0.2) is 54.2 Å². The van der Waals surface area contributed by atoms with Gasteiger partial charge >= 0.3 is 0 Å². The fraction of sp³-hybridized carbons (Fsp3) is 0.500. The quantitative estimate of drug-likeness (QED) is 0.667. The van der Waals surface area contributed by atoms with Crippen LogP contribution in [0.2, 0.25) is 0 Å². The van der Waals surface area contributed by atoms with E-state index >= 15 is 0 Å². The van der Waals surface area contributed by atoms with E-state index in [1.165, 1.54) is 0 Å². The van der Waals surface area contributed by atoms with Crippen LogP contribution in [-0.2, 0) is 17.8 Å². The maximum absolute atomic E-state index is 12.8. The summed E-state index contributed by atoms with van der Waals surface area (Å²) in [7, 11) is 1.81. The number of aliphatic hydroxyl groups is 1. The Morgan fingerprint density at radius 3 is 2.90 bits per heavy atom. The summed E-state index contributed by atoms with van der Waals surface area (Å²) in [5.74, 6) is 1.12. The third-order valence-electron chi connectivity index (χ3n) is 6.19. The van der Waals surface area contributed by atoms with Gasteiger partial charge in [-0.2, -0.15) is 0 Å². The number of carbonyl (C=O) groups excluding carboxylic acids is 1. The molecule has 2 heterocycles. The lowest BCUT2D eigenvalue weighted by atomic mass is 10.1. The number of carbonyl (C=O) groups is 1. The summed E-state index contributed by atoms with van der Waals surface area (Å²) < 4.78 is 4.16. The molecule has 1 aromatic carbocycles. The molecule has 4 rings (SSSR count). The summed E-state index contributed by atoms with van der Waals surface area (Å²) in [6.07, 6.45) is 8.39. The van der Waals surface area contributed by atoms with Gasteiger partial charge in [0.1, 0.15) is 5.82 Å². The Morgan fingerprint density at radius 1 is 1.31 bits per heavy atom. The molecule has 0 radical (unpaired) electrons. The Labute approximate surface area is 171 Å². The minimum atomic E-state index is -0.567. The highest BCUT2D eigenvalue weighted by Crippen LogP contribution is 2.33. The second kappa shape index (κ2) is 8.37. The van der Waals surface area contributed by atoms with Gasteiger partial charge in [0, 0.05) is 38.8 Å². The molecule has 0 bridgehead atoms. The standard InChI is InChI=1S/C22H29N5O2/c1-3-27-17-8-5-4-7-16(17)24-20(27)9-6-10-21(28)25(2)18-11-12-19(22(18)29)26-14-13-23-15-26/h4-5,7-8,13-15,18-19,22,29H,3,6,9-12H2,1-2H3/t18-,19-,22-/m1/s1. The van der Waals surface area contributed by atoms with Crippen molar-refractivity contribution in [3.05, 3.63) is 48.8 Å². The predicted octanol–water partition coefficient (Wildman–Crippen LogP) is 2.80. The van der Waals surface area contributed by atoms with E-state index in [-0.39, 0.29) is 18.0 Å². The Kier molecular flexibility index (Phi) is 5.67. The summed E-state index contributed by atoms with van der Waals surface area (Å²) in [5.41, 5.74) is 2.15. The lowest BCUT2D eigenvalue weighted by molar-refractivity contribution is -0.134. The first-order valence-corrected chi connectivity index (χ1v) is 10.5. The topological polar surface area (TPSA) is 76.2 Å². The monoisotopic (exact) mass is 395 g/mol. The molecule has 7 heteroatoms. The van der Waals surface area contributed by atoms with E-state index in [2.05, 4.69) is 22.5 Å². The SMILES string of the molecule is CCn1c(CCCC(=O)N(C)[C@@H]2CC[C@@H](n3ccnc3)[C@@H]2O)nc2ccccc21. The molecule has 0 unspecified atom stereocenters. The number of likely N-dealkylation sites (N-methyl/N-ethyl adjacent to an activating group) is 1. The van der Waals surface area contributed by atoms with Gasteiger partial charge in [-0.3, -0.25) is 4.79 Å². The van der Waals surface area contributed by atoms with Gasteiger partial charge in [0.15, 0.2) is 0 Å². The zero-order valence-corrected chi connectivity index (χ0v) is 17.1. The molecule has 1 saturated carbocycles. The number of imidazole rings is 2. The molecule has 1 aliphatic rings. The number of fused-ring (bicyclic) bond motifs is 1. The van der Waals surface area contributed by atoms with Gasteiger partial charge in [-0.1, -0.05) is 12.1 Å². The summed E-state index contributed by atoms with van der Waals surface area (Å²) in [6, 6.07) is 8.00. The summed E-state index contributed by atoms with van der Waals surface area (Å²) in [4.78, 5) is 23.3. The maximum atomic E-state index is 12.8. The van der Waals surface area contributed by atoms with Crippen molar-refractivity contribution in [2.75, 3.05) is 7.05 Å². The molecule has 0 saturated heterocycles. The molecule has 0 aliphatic heterocycles. The first-order valence-electron chi connectivity index (χ1n) is 10.5. The lowest BCUT2D eigenvalue weighted by Crippen LogP contribution is -2.43. The first kappa shape index (κ1) is 19.6. The molecule has 0 spiro atoms. The number of aromatic nitrogens is 4. The number of benzene rings is 1. The molecule has 1 amide bonds. The number of amides is 1. The van der Waals surface area contributed by atoms with Crippen LogP contribution in [0.4, 0.5) is 0 Å². The van der Waals surface area contributed by atoms with Crippen LogP contribution in [0, 0.1) is 0 Å². The number of hydrogen-bond acceptors (Lipinski definition) is 4. The lowest BCUT2D eigenvalue weighted by Gasteiger charge is -2.29. The van der Waals surface area contributed by atoms with Crippen LogP contribution in [0.3, 0.4) is 0 Å². The van der Waals surface area contributed by atoms with Crippen molar-refractivity contribution in [2.45, 2.75) is 63.8 Å². The molecule has 1 aliphatic carbocycles. The average Bonchev–Trinajstić information content (AvgIpc) is 3.45. The van der Waals surface area contributed by atoms with Gasteiger partial charge in [0.05, 0.1) is 35.5 Å². The summed E-state index contributed by atoms with van der Waals surface area (Å²) in [5, 5.41) is 10.7. The minimum absolute atomic E-state index is 0.0118. The summed E-state index contributed by atoms with van der Waals surface area (Å²) in [6.45, 7) is 2.99. The van der Waals surface area contributed by atoms with Crippen molar-refractivity contribution in [2.24, 2.45) is 0 Å². The van der Waals surface area contributed by atoms with Crippen molar-refractivity contribution in [3.63, 3.8) is 0 Å². The van der Waals surface area contributed by atoms with Crippen LogP contribution in [0.15, 0.2) is 43.0 Å². The van der Waals surface area contributed by atoms with Gasteiger partial charge in [0.25, 0.3) is 0 Å². The van der Waals surface area contributed by atoms with Crippen LogP contribution >= 0.6 is 0 Å². The Morgan fingerprint density at radius 2 is 2.14 bits per heavy atom. The van der Waals surface area contributed by atoms with Crippen molar-refractivity contribution < 1.29 is 9.90 Å². The number of rotatable bonds is 7. The molecular formula is C22H29N5O2. The number of hydrogen-bond donors (Lipinski definition) is 1. The van der Waals surface area contributed by atoms with E-state index in [1.54, 1.807) is 17.4 Å². The molecule has 3 atom stereocenters. The fourth-order valence-electron chi connectivity index (χ4n) is 4.58. The van der Waals surface area contributed by atoms with Crippen LogP contribution in [0.5, 0.6) is 0 Å². The molecule has 29 heavy (non-hydrogen) atoms. The zero-order valence-electron chi connectivity index (χ0n) is 17.1. The number of para-hydroxylation sites is 2. The van der Waals surface area contributed by atoms with Gasteiger partial charge in [-0.25, -0.2) is 9.97 Å². The van der Waals surface area contributed by atoms with E-state index in [0.29, 0.717) is 6.42 Å².